The fourth-order valence-corrected chi connectivity index (χ4v) is 3.96. The third-order valence-electron chi connectivity index (χ3n) is 3.70. The Morgan fingerprint density at radius 1 is 1.32 bits per heavy atom. The highest BCUT2D eigenvalue weighted by molar-refractivity contribution is 7.89. The van der Waals surface area contributed by atoms with Gasteiger partial charge in [-0.3, -0.25) is 4.98 Å². The molecular formula is C13H21N3O2S. The zero-order chi connectivity index (χ0) is 13.7. The second-order valence-corrected chi connectivity index (χ2v) is 6.95. The van der Waals surface area contributed by atoms with Gasteiger partial charge in [-0.1, -0.05) is 6.42 Å². The molecule has 1 heterocycles. The minimum atomic E-state index is -3.23. The summed E-state index contributed by atoms with van der Waals surface area (Å²) < 4.78 is 26.9. The molecule has 0 bridgehead atoms. The zero-order valence-electron chi connectivity index (χ0n) is 11.0. The van der Waals surface area contributed by atoms with Crippen LogP contribution in [0.5, 0.6) is 0 Å². The van der Waals surface area contributed by atoms with Gasteiger partial charge in [0.15, 0.2) is 0 Å². The van der Waals surface area contributed by atoms with Crippen LogP contribution in [-0.4, -0.2) is 31.7 Å². The van der Waals surface area contributed by atoms with Crippen molar-refractivity contribution in [3.8, 4) is 0 Å². The Kier molecular flexibility index (Phi) is 4.90. The number of aryl methyl sites for hydroxylation is 1. The number of nitrogens with two attached hydrogens (primary N) is 1. The largest absolute Gasteiger partial charge is 0.330 e. The average molecular weight is 283 g/mol. The molecule has 2 rings (SSSR count). The number of aromatic nitrogens is 1. The van der Waals surface area contributed by atoms with Gasteiger partial charge in [0.25, 0.3) is 0 Å². The molecule has 0 aromatic carbocycles. The molecule has 6 heteroatoms. The topological polar surface area (TPSA) is 85.1 Å². The molecule has 106 valence electrons. The van der Waals surface area contributed by atoms with E-state index in [2.05, 4.69) is 9.71 Å². The molecule has 1 aromatic rings. The Bertz CT molecular complexity index is 490. The highest BCUT2D eigenvalue weighted by atomic mass is 32.2. The van der Waals surface area contributed by atoms with E-state index in [4.69, 9.17) is 5.73 Å². The van der Waals surface area contributed by atoms with E-state index in [9.17, 15) is 8.42 Å². The Morgan fingerprint density at radius 2 is 2.05 bits per heavy atom. The number of rotatable bonds is 6. The molecule has 1 saturated carbocycles. The summed E-state index contributed by atoms with van der Waals surface area (Å²) >= 11 is 0. The van der Waals surface area contributed by atoms with E-state index in [1.165, 1.54) is 0 Å². The van der Waals surface area contributed by atoms with Gasteiger partial charge in [-0.25, -0.2) is 13.1 Å². The van der Waals surface area contributed by atoms with E-state index >= 15 is 0 Å². The van der Waals surface area contributed by atoms with E-state index in [1.54, 1.807) is 12.4 Å². The number of nitrogens with one attached hydrogen (secondary N) is 1. The lowest BCUT2D eigenvalue weighted by molar-refractivity contribution is 0.453. The van der Waals surface area contributed by atoms with Crippen molar-refractivity contribution < 1.29 is 8.42 Å². The van der Waals surface area contributed by atoms with Crippen molar-refractivity contribution in [2.75, 3.05) is 12.3 Å². The average Bonchev–Trinajstić information content (AvgIpc) is 2.84. The lowest BCUT2D eigenvalue weighted by Crippen LogP contribution is -2.41. The number of sulfonamides is 1. The van der Waals surface area contributed by atoms with Gasteiger partial charge in [-0.15, -0.1) is 0 Å². The quantitative estimate of drug-likeness (QED) is 0.803. The van der Waals surface area contributed by atoms with Crippen LogP contribution in [0.25, 0.3) is 0 Å². The highest BCUT2D eigenvalue weighted by Gasteiger charge is 2.29. The van der Waals surface area contributed by atoms with Crippen LogP contribution < -0.4 is 10.5 Å². The molecule has 0 aliphatic heterocycles. The summed E-state index contributed by atoms with van der Waals surface area (Å²) in [5.41, 5.74) is 6.65. The lowest BCUT2D eigenvalue weighted by Gasteiger charge is -2.19. The van der Waals surface area contributed by atoms with Crippen LogP contribution in [0.4, 0.5) is 0 Å². The second-order valence-electron chi connectivity index (χ2n) is 5.08. The van der Waals surface area contributed by atoms with Crippen LogP contribution in [0, 0.1) is 5.92 Å². The first kappa shape index (κ1) is 14.4. The Morgan fingerprint density at radius 3 is 2.74 bits per heavy atom. The van der Waals surface area contributed by atoms with Gasteiger partial charge in [0.2, 0.25) is 10.0 Å². The van der Waals surface area contributed by atoms with Gasteiger partial charge < -0.3 is 5.73 Å². The summed E-state index contributed by atoms with van der Waals surface area (Å²) in [5, 5.41) is 0. The third-order valence-corrected chi connectivity index (χ3v) is 5.11. The van der Waals surface area contributed by atoms with Crippen molar-refractivity contribution in [1.29, 1.82) is 0 Å². The molecule has 3 N–H and O–H groups in total. The van der Waals surface area contributed by atoms with Gasteiger partial charge in [-0.2, -0.15) is 0 Å². The maximum absolute atomic E-state index is 12.1. The van der Waals surface area contributed by atoms with Crippen molar-refractivity contribution in [2.45, 2.75) is 31.7 Å². The van der Waals surface area contributed by atoms with Crippen molar-refractivity contribution in [2.24, 2.45) is 11.7 Å². The number of hydrogen-bond donors (Lipinski definition) is 2. The molecule has 0 amide bonds. The molecule has 0 spiro atoms. The van der Waals surface area contributed by atoms with Gasteiger partial charge in [0.05, 0.1) is 5.75 Å². The van der Waals surface area contributed by atoms with E-state index in [1.807, 2.05) is 12.1 Å². The van der Waals surface area contributed by atoms with E-state index in [0.717, 1.165) is 24.8 Å². The molecule has 1 fully saturated rings. The van der Waals surface area contributed by atoms with Gasteiger partial charge in [0.1, 0.15) is 0 Å². The number of pyridine rings is 1. The minimum absolute atomic E-state index is 0.0208. The first-order chi connectivity index (χ1) is 9.11. The summed E-state index contributed by atoms with van der Waals surface area (Å²) in [4.78, 5) is 3.92. The predicted octanol–water partition coefficient (Wildman–Crippen LogP) is 0.671. The molecule has 2 atom stereocenters. The number of nitrogens with zero attached hydrogens (tertiary/aromatic N) is 1. The Balaban J connectivity index is 1.88. The first-order valence-electron chi connectivity index (χ1n) is 6.70. The van der Waals surface area contributed by atoms with Crippen molar-refractivity contribution in [3.63, 3.8) is 0 Å². The fraction of sp³-hybridized carbons (Fsp3) is 0.615. The molecule has 1 aromatic heterocycles. The monoisotopic (exact) mass is 283 g/mol. The maximum Gasteiger partial charge on any atom is 0.212 e. The lowest BCUT2D eigenvalue weighted by atomic mass is 10.1. The SMILES string of the molecule is NCC1CCCC1NS(=O)(=O)CCc1ccncc1. The first-order valence-corrected chi connectivity index (χ1v) is 8.35. The Hall–Kier alpha value is -0.980. The maximum atomic E-state index is 12.1. The fourth-order valence-electron chi connectivity index (χ4n) is 2.57. The summed E-state index contributed by atoms with van der Waals surface area (Å²) in [7, 11) is -3.23. The summed E-state index contributed by atoms with van der Waals surface area (Å²) in [6.45, 7) is 0.553. The van der Waals surface area contributed by atoms with Crippen molar-refractivity contribution in [1.82, 2.24) is 9.71 Å². The summed E-state index contributed by atoms with van der Waals surface area (Å²) in [5.74, 6) is 0.404. The smallest absolute Gasteiger partial charge is 0.212 e. The van der Waals surface area contributed by atoms with Crippen LogP contribution in [0.1, 0.15) is 24.8 Å². The van der Waals surface area contributed by atoms with Crippen LogP contribution in [0.15, 0.2) is 24.5 Å². The molecule has 0 saturated heterocycles. The van der Waals surface area contributed by atoms with Crippen LogP contribution >= 0.6 is 0 Å². The molecule has 2 unspecified atom stereocenters. The molecule has 19 heavy (non-hydrogen) atoms. The normalized spacial score (nSPS) is 23.6. The molecule has 0 radical (unpaired) electrons. The molecule has 1 aliphatic carbocycles. The van der Waals surface area contributed by atoms with E-state index in [0.29, 0.717) is 13.0 Å². The third kappa shape index (κ3) is 4.26. The van der Waals surface area contributed by atoms with Gasteiger partial charge in [-0.05, 0) is 49.4 Å². The standard InChI is InChI=1S/C13H21N3O2S/c14-10-12-2-1-3-13(12)16-19(17,18)9-6-11-4-7-15-8-5-11/h4-5,7-8,12-13,16H,1-3,6,9-10,14H2. The molecule has 5 nitrogen and oxygen atoms in total. The predicted molar refractivity (Wildman–Crippen MR) is 75.0 cm³/mol. The minimum Gasteiger partial charge on any atom is -0.330 e. The zero-order valence-corrected chi connectivity index (χ0v) is 11.8. The summed E-state index contributed by atoms with van der Waals surface area (Å²) in [6, 6.07) is 3.70. The van der Waals surface area contributed by atoms with Gasteiger partial charge in [0, 0.05) is 18.4 Å². The van der Waals surface area contributed by atoms with E-state index in [-0.39, 0.29) is 17.7 Å². The number of hydrogen-bond acceptors (Lipinski definition) is 4. The second kappa shape index (κ2) is 6.45. The van der Waals surface area contributed by atoms with E-state index < -0.39 is 10.0 Å². The van der Waals surface area contributed by atoms with Crippen molar-refractivity contribution >= 4 is 10.0 Å². The van der Waals surface area contributed by atoms with Gasteiger partial charge >= 0.3 is 0 Å². The van der Waals surface area contributed by atoms with Crippen molar-refractivity contribution in [3.05, 3.63) is 30.1 Å². The molecular weight excluding hydrogens is 262 g/mol. The van der Waals surface area contributed by atoms with Crippen LogP contribution in [0.3, 0.4) is 0 Å². The van der Waals surface area contributed by atoms with Crippen LogP contribution in [-0.2, 0) is 16.4 Å². The summed E-state index contributed by atoms with van der Waals surface area (Å²) in [6.07, 6.45) is 6.84. The highest BCUT2D eigenvalue weighted by Crippen LogP contribution is 2.25. The Labute approximate surface area is 114 Å². The molecule has 1 aliphatic rings. The van der Waals surface area contributed by atoms with Crippen LogP contribution in [0.2, 0.25) is 0 Å².